The van der Waals surface area contributed by atoms with Crippen LogP contribution < -0.4 is 10.6 Å². The van der Waals surface area contributed by atoms with Gasteiger partial charge in [-0.1, -0.05) is 53.7 Å². The second kappa shape index (κ2) is 10.7. The van der Waals surface area contributed by atoms with Gasteiger partial charge in [-0.2, -0.15) is 0 Å². The first-order valence-corrected chi connectivity index (χ1v) is 11.1. The molecule has 0 aliphatic heterocycles. The van der Waals surface area contributed by atoms with Gasteiger partial charge in [-0.15, -0.1) is 0 Å². The Kier molecular flexibility index (Phi) is 7.22. The number of nitrogens with one attached hydrogen (secondary N) is 2. The van der Waals surface area contributed by atoms with Crippen LogP contribution in [-0.2, 0) is 16.1 Å². The summed E-state index contributed by atoms with van der Waals surface area (Å²) in [6.07, 6.45) is 0.490. The van der Waals surface area contributed by atoms with E-state index in [1.807, 2.05) is 24.3 Å². The second-order valence-corrected chi connectivity index (χ2v) is 7.96. The van der Waals surface area contributed by atoms with Crippen LogP contribution in [0.1, 0.15) is 52.6 Å². The Hall–Kier alpha value is -4.14. The highest BCUT2D eigenvalue weighted by molar-refractivity contribution is 5.92. The molecule has 9 nitrogen and oxygen atoms in total. The maximum atomic E-state index is 12.3. The Bertz CT molecular complexity index is 1140. The Morgan fingerprint density at radius 1 is 0.971 bits per heavy atom. The maximum absolute atomic E-state index is 12.3. The summed E-state index contributed by atoms with van der Waals surface area (Å²) < 4.78 is 10.6. The molecule has 4 rings (SSSR count). The quantitative estimate of drug-likeness (QED) is 0.391. The van der Waals surface area contributed by atoms with E-state index in [4.69, 9.17) is 14.4 Å². The first kappa shape index (κ1) is 23.0. The molecule has 3 aromatic rings. The van der Waals surface area contributed by atoms with Gasteiger partial charge in [0.2, 0.25) is 0 Å². The van der Waals surface area contributed by atoms with Crippen LogP contribution in [0, 0.1) is 0 Å². The zero-order chi connectivity index (χ0) is 23.9. The van der Waals surface area contributed by atoms with Crippen LogP contribution in [0.25, 0.3) is 11.1 Å². The molecule has 0 saturated carbocycles. The number of unbranched alkanes of at least 4 members (excludes halogenated alkanes) is 1. The fourth-order valence-corrected chi connectivity index (χ4v) is 4.01. The highest BCUT2D eigenvalue weighted by Crippen LogP contribution is 2.44. The van der Waals surface area contributed by atoms with Crippen LogP contribution in [-0.4, -0.2) is 41.4 Å². The Labute approximate surface area is 196 Å². The third-order valence-electron chi connectivity index (χ3n) is 5.65. The van der Waals surface area contributed by atoms with E-state index in [2.05, 4.69) is 40.1 Å². The fraction of sp³-hybridized carbons (Fsp3) is 0.280. The monoisotopic (exact) mass is 463 g/mol. The summed E-state index contributed by atoms with van der Waals surface area (Å²) >= 11 is 0. The Balaban J connectivity index is 1.24. The molecule has 1 heterocycles. The summed E-state index contributed by atoms with van der Waals surface area (Å²) in [6.45, 7) is 0.563. The van der Waals surface area contributed by atoms with Gasteiger partial charge in [-0.05, 0) is 35.1 Å². The number of benzene rings is 2. The largest absolute Gasteiger partial charge is 0.481 e. The number of alkyl carbamates (subject to hydrolysis) is 1. The van der Waals surface area contributed by atoms with Gasteiger partial charge in [0.15, 0.2) is 11.5 Å². The van der Waals surface area contributed by atoms with Crippen molar-refractivity contribution in [2.75, 3.05) is 13.2 Å². The van der Waals surface area contributed by atoms with E-state index in [-0.39, 0.29) is 31.2 Å². The molecule has 0 saturated heterocycles. The van der Waals surface area contributed by atoms with E-state index in [1.54, 1.807) is 0 Å². The van der Waals surface area contributed by atoms with Crippen molar-refractivity contribution < 1.29 is 28.8 Å². The Morgan fingerprint density at radius 2 is 1.65 bits per heavy atom. The molecule has 34 heavy (non-hydrogen) atoms. The lowest BCUT2D eigenvalue weighted by molar-refractivity contribution is -0.137. The van der Waals surface area contributed by atoms with Gasteiger partial charge in [-0.3, -0.25) is 9.59 Å². The third kappa shape index (κ3) is 5.43. The van der Waals surface area contributed by atoms with E-state index in [0.717, 1.165) is 22.3 Å². The number of fused-ring (bicyclic) bond motifs is 3. The van der Waals surface area contributed by atoms with Crippen LogP contribution in [0.2, 0.25) is 0 Å². The number of carbonyl (C=O) groups is 3. The molecule has 2 aromatic carbocycles. The minimum Gasteiger partial charge on any atom is -0.481 e. The van der Waals surface area contributed by atoms with Gasteiger partial charge < -0.3 is 25.0 Å². The molecule has 2 amide bonds. The number of carboxylic acid groups (broad SMARTS) is 1. The van der Waals surface area contributed by atoms with Crippen molar-refractivity contribution >= 4 is 18.0 Å². The van der Waals surface area contributed by atoms with E-state index in [0.29, 0.717) is 25.1 Å². The number of aromatic nitrogens is 1. The van der Waals surface area contributed by atoms with Gasteiger partial charge in [0.25, 0.3) is 5.91 Å². The minimum absolute atomic E-state index is 0.0234. The van der Waals surface area contributed by atoms with Gasteiger partial charge in [0.05, 0.1) is 6.54 Å². The van der Waals surface area contributed by atoms with E-state index < -0.39 is 18.0 Å². The summed E-state index contributed by atoms with van der Waals surface area (Å²) in [4.78, 5) is 34.8. The molecule has 3 N–H and O–H groups in total. The lowest BCUT2D eigenvalue weighted by atomic mass is 9.98. The predicted octanol–water partition coefficient (Wildman–Crippen LogP) is 3.70. The molecule has 0 bridgehead atoms. The van der Waals surface area contributed by atoms with Crippen molar-refractivity contribution in [2.45, 2.75) is 31.7 Å². The van der Waals surface area contributed by atoms with E-state index >= 15 is 0 Å². The molecule has 0 atom stereocenters. The van der Waals surface area contributed by atoms with Crippen molar-refractivity contribution in [1.29, 1.82) is 0 Å². The van der Waals surface area contributed by atoms with Gasteiger partial charge in [0.1, 0.15) is 6.61 Å². The molecular formula is C25H25N3O6. The number of carbonyl (C=O) groups excluding carboxylic acids is 2. The van der Waals surface area contributed by atoms with Crippen LogP contribution in [0.3, 0.4) is 0 Å². The van der Waals surface area contributed by atoms with E-state index in [9.17, 15) is 14.4 Å². The first-order chi connectivity index (χ1) is 16.5. The molecule has 176 valence electrons. The molecule has 0 unspecified atom stereocenters. The normalized spacial score (nSPS) is 12.0. The minimum atomic E-state index is -0.864. The fourth-order valence-electron chi connectivity index (χ4n) is 4.01. The summed E-state index contributed by atoms with van der Waals surface area (Å²) in [6, 6.07) is 17.6. The zero-order valence-corrected chi connectivity index (χ0v) is 18.5. The third-order valence-corrected chi connectivity index (χ3v) is 5.65. The standard InChI is InChI=1S/C25H25N3O6/c29-23(30)11-5-6-12-26-24(31)22-13-16(34-28-22)14-27-25(32)33-15-21-19-9-3-1-7-17(19)18-8-2-4-10-20(18)21/h1-4,7-10,13,21H,5-6,11-12,14-15H2,(H,26,31)(H,27,32)(H,29,30). The maximum Gasteiger partial charge on any atom is 0.407 e. The molecule has 1 aliphatic carbocycles. The van der Waals surface area contributed by atoms with Crippen LogP contribution in [0.15, 0.2) is 59.1 Å². The van der Waals surface area contributed by atoms with Crippen LogP contribution >= 0.6 is 0 Å². The highest BCUT2D eigenvalue weighted by Gasteiger charge is 2.29. The zero-order valence-electron chi connectivity index (χ0n) is 18.5. The molecule has 1 aromatic heterocycles. The molecule has 0 fully saturated rings. The van der Waals surface area contributed by atoms with Crippen molar-refractivity contribution in [2.24, 2.45) is 0 Å². The first-order valence-electron chi connectivity index (χ1n) is 11.1. The number of amides is 2. The number of aliphatic carboxylic acids is 1. The number of hydrogen-bond donors (Lipinski definition) is 3. The molecule has 9 heteroatoms. The average Bonchev–Trinajstić information content (AvgIpc) is 3.44. The summed E-state index contributed by atoms with van der Waals surface area (Å²) in [5.74, 6) is -1.01. The Morgan fingerprint density at radius 3 is 2.32 bits per heavy atom. The number of nitrogens with zero attached hydrogens (tertiary/aromatic N) is 1. The molecule has 1 aliphatic rings. The topological polar surface area (TPSA) is 131 Å². The van der Waals surface area contributed by atoms with Crippen LogP contribution in [0.4, 0.5) is 4.79 Å². The van der Waals surface area contributed by atoms with Crippen LogP contribution in [0.5, 0.6) is 0 Å². The van der Waals surface area contributed by atoms with E-state index in [1.165, 1.54) is 6.07 Å². The van der Waals surface area contributed by atoms with Gasteiger partial charge in [-0.25, -0.2) is 4.79 Å². The number of carboxylic acids is 1. The lowest BCUT2D eigenvalue weighted by Crippen LogP contribution is -2.26. The van der Waals surface area contributed by atoms with Gasteiger partial charge >= 0.3 is 12.1 Å². The summed E-state index contributed by atoms with van der Waals surface area (Å²) in [5, 5.41) is 17.6. The predicted molar refractivity (Wildman–Crippen MR) is 122 cm³/mol. The number of ether oxygens (including phenoxy) is 1. The van der Waals surface area contributed by atoms with Crippen molar-refractivity contribution in [3.63, 3.8) is 0 Å². The van der Waals surface area contributed by atoms with Crippen molar-refractivity contribution in [3.05, 3.63) is 77.2 Å². The smallest absolute Gasteiger partial charge is 0.407 e. The SMILES string of the molecule is O=C(O)CCCCNC(=O)c1cc(CNC(=O)OCC2c3ccccc3-c3ccccc32)on1. The highest BCUT2D eigenvalue weighted by atomic mass is 16.5. The summed E-state index contributed by atoms with van der Waals surface area (Å²) in [5.41, 5.74) is 4.65. The molecular weight excluding hydrogens is 438 g/mol. The number of hydrogen-bond acceptors (Lipinski definition) is 6. The second-order valence-electron chi connectivity index (χ2n) is 7.96. The van der Waals surface area contributed by atoms with Crippen molar-refractivity contribution in [1.82, 2.24) is 15.8 Å². The molecule has 0 radical (unpaired) electrons. The van der Waals surface area contributed by atoms with Crippen molar-refractivity contribution in [3.8, 4) is 11.1 Å². The van der Waals surface area contributed by atoms with Gasteiger partial charge in [0, 0.05) is 24.9 Å². The average molecular weight is 463 g/mol. The molecule has 0 spiro atoms. The lowest BCUT2D eigenvalue weighted by Gasteiger charge is -2.14. The number of rotatable bonds is 10. The summed E-state index contributed by atoms with van der Waals surface area (Å²) in [7, 11) is 0.